The Morgan fingerprint density at radius 1 is 1.47 bits per heavy atom. The van der Waals surface area contributed by atoms with Crippen LogP contribution >= 0.6 is 0 Å². The van der Waals surface area contributed by atoms with Gasteiger partial charge in [-0.3, -0.25) is 0 Å². The fourth-order valence-corrected chi connectivity index (χ4v) is 4.23. The van der Waals surface area contributed by atoms with E-state index in [0.717, 1.165) is 13.0 Å². The predicted octanol–water partition coefficient (Wildman–Crippen LogP) is 0.739. The van der Waals surface area contributed by atoms with Crippen molar-refractivity contribution in [2.45, 2.75) is 39.3 Å². The second-order valence-corrected chi connectivity index (χ2v) is 8.20. The lowest BCUT2D eigenvalue weighted by molar-refractivity contribution is 0.141. The van der Waals surface area contributed by atoms with Crippen molar-refractivity contribution in [3.8, 4) is 0 Å². The van der Waals surface area contributed by atoms with Gasteiger partial charge in [-0.1, -0.05) is 13.8 Å². The average Bonchev–Trinajstić information content (AvgIpc) is 2.57. The van der Waals surface area contributed by atoms with Gasteiger partial charge in [0.05, 0.1) is 11.5 Å². The van der Waals surface area contributed by atoms with Gasteiger partial charge in [0, 0.05) is 18.6 Å². The van der Waals surface area contributed by atoms with Gasteiger partial charge in [0.1, 0.15) is 0 Å². The Hall–Kier alpha value is -0.130. The lowest BCUT2D eigenvalue weighted by Crippen LogP contribution is -2.47. The van der Waals surface area contributed by atoms with Crippen LogP contribution in [-0.2, 0) is 9.84 Å². The van der Waals surface area contributed by atoms with Crippen LogP contribution in [0.3, 0.4) is 0 Å². The van der Waals surface area contributed by atoms with Crippen LogP contribution < -0.4 is 5.32 Å². The summed E-state index contributed by atoms with van der Waals surface area (Å²) in [6, 6.07) is 0.603. The molecule has 0 bridgehead atoms. The van der Waals surface area contributed by atoms with E-state index in [0.29, 0.717) is 17.5 Å². The zero-order valence-corrected chi connectivity index (χ0v) is 12.5. The van der Waals surface area contributed by atoms with Crippen molar-refractivity contribution in [3.05, 3.63) is 0 Å². The Balaban J connectivity index is 2.58. The molecule has 0 spiro atoms. The third-order valence-corrected chi connectivity index (χ3v) is 5.84. The van der Waals surface area contributed by atoms with Gasteiger partial charge < -0.3 is 10.2 Å². The zero-order valence-electron chi connectivity index (χ0n) is 11.7. The molecule has 1 heterocycles. The molecular formula is C12H26N2O2S. The average molecular weight is 262 g/mol. The maximum atomic E-state index is 11.5. The SMILES string of the molecule is CNC(C)C(C)(C)CN(C)C1CCS(=O)(=O)C1. The number of hydrogen-bond acceptors (Lipinski definition) is 4. The number of hydrogen-bond donors (Lipinski definition) is 1. The van der Waals surface area contributed by atoms with E-state index < -0.39 is 9.84 Å². The number of sulfone groups is 1. The van der Waals surface area contributed by atoms with Gasteiger partial charge in [0.15, 0.2) is 9.84 Å². The molecule has 2 atom stereocenters. The van der Waals surface area contributed by atoms with Crippen molar-refractivity contribution >= 4 is 9.84 Å². The molecule has 5 heteroatoms. The molecule has 0 aromatic carbocycles. The third-order valence-electron chi connectivity index (χ3n) is 4.09. The molecule has 1 rings (SSSR count). The van der Waals surface area contributed by atoms with E-state index in [2.05, 4.69) is 31.0 Å². The van der Waals surface area contributed by atoms with E-state index in [1.807, 2.05) is 14.1 Å². The van der Waals surface area contributed by atoms with E-state index >= 15 is 0 Å². The molecule has 1 aliphatic rings. The summed E-state index contributed by atoms with van der Waals surface area (Å²) in [6.07, 6.45) is 0.781. The third kappa shape index (κ3) is 3.93. The highest BCUT2D eigenvalue weighted by atomic mass is 32.2. The standard InChI is InChI=1S/C12H26N2O2S/c1-10(13-4)12(2,3)9-14(5)11-6-7-17(15,16)8-11/h10-11,13H,6-9H2,1-5H3. The summed E-state index contributed by atoms with van der Waals surface area (Å²) in [4.78, 5) is 2.21. The number of rotatable bonds is 5. The Morgan fingerprint density at radius 3 is 2.47 bits per heavy atom. The van der Waals surface area contributed by atoms with E-state index in [1.54, 1.807) is 0 Å². The second kappa shape index (κ2) is 5.24. The fraction of sp³-hybridized carbons (Fsp3) is 1.00. The van der Waals surface area contributed by atoms with Gasteiger partial charge in [0.2, 0.25) is 0 Å². The molecule has 1 fully saturated rings. The summed E-state index contributed by atoms with van der Waals surface area (Å²) in [7, 11) is 1.22. The number of nitrogens with zero attached hydrogens (tertiary/aromatic N) is 1. The molecule has 1 aliphatic heterocycles. The highest BCUT2D eigenvalue weighted by Crippen LogP contribution is 2.25. The minimum absolute atomic E-state index is 0.135. The predicted molar refractivity (Wildman–Crippen MR) is 72.0 cm³/mol. The van der Waals surface area contributed by atoms with Crippen LogP contribution in [0.15, 0.2) is 0 Å². The van der Waals surface area contributed by atoms with Crippen LogP contribution in [0.5, 0.6) is 0 Å². The largest absolute Gasteiger partial charge is 0.317 e. The summed E-state index contributed by atoms with van der Waals surface area (Å²) in [5, 5.41) is 3.27. The molecule has 0 amide bonds. The van der Waals surface area contributed by atoms with E-state index in [9.17, 15) is 8.42 Å². The molecule has 0 aliphatic carbocycles. The first-order valence-corrected chi connectivity index (χ1v) is 8.08. The molecule has 17 heavy (non-hydrogen) atoms. The first-order chi connectivity index (χ1) is 7.68. The molecule has 4 nitrogen and oxygen atoms in total. The summed E-state index contributed by atoms with van der Waals surface area (Å²) < 4.78 is 22.9. The summed E-state index contributed by atoms with van der Waals surface area (Å²) in [5.41, 5.74) is 0.135. The second-order valence-electron chi connectivity index (χ2n) is 5.97. The molecule has 1 N–H and O–H groups in total. The summed E-state index contributed by atoms with van der Waals surface area (Å²) >= 11 is 0. The molecular weight excluding hydrogens is 236 g/mol. The molecule has 0 aromatic rings. The van der Waals surface area contributed by atoms with Crippen molar-refractivity contribution in [3.63, 3.8) is 0 Å². The molecule has 102 valence electrons. The maximum Gasteiger partial charge on any atom is 0.151 e. The van der Waals surface area contributed by atoms with E-state index in [4.69, 9.17) is 0 Å². The quantitative estimate of drug-likeness (QED) is 0.794. The topological polar surface area (TPSA) is 49.4 Å². The Kier molecular flexibility index (Phi) is 4.60. The molecule has 0 radical (unpaired) electrons. The minimum atomic E-state index is -2.78. The normalized spacial score (nSPS) is 26.4. The summed E-state index contributed by atoms with van der Waals surface area (Å²) in [5.74, 6) is 0.678. The first-order valence-electron chi connectivity index (χ1n) is 6.26. The highest BCUT2D eigenvalue weighted by molar-refractivity contribution is 7.91. The van der Waals surface area contributed by atoms with Crippen molar-refractivity contribution in [1.82, 2.24) is 10.2 Å². The lowest BCUT2D eigenvalue weighted by Gasteiger charge is -2.37. The minimum Gasteiger partial charge on any atom is -0.317 e. The zero-order chi connectivity index (χ0) is 13.3. The Labute approximate surface area is 106 Å². The van der Waals surface area contributed by atoms with Gasteiger partial charge in [-0.15, -0.1) is 0 Å². The molecule has 2 unspecified atom stereocenters. The van der Waals surface area contributed by atoms with Crippen LogP contribution in [0.4, 0.5) is 0 Å². The smallest absolute Gasteiger partial charge is 0.151 e. The fourth-order valence-electron chi connectivity index (χ4n) is 2.42. The van der Waals surface area contributed by atoms with Crippen LogP contribution in [0, 0.1) is 5.41 Å². The van der Waals surface area contributed by atoms with Crippen molar-refractivity contribution in [1.29, 1.82) is 0 Å². The van der Waals surface area contributed by atoms with Gasteiger partial charge in [-0.2, -0.15) is 0 Å². The first kappa shape index (κ1) is 14.9. The number of nitrogens with one attached hydrogen (secondary N) is 1. The Morgan fingerprint density at radius 2 is 2.06 bits per heavy atom. The Bertz CT molecular complexity index is 352. The van der Waals surface area contributed by atoms with Gasteiger partial charge >= 0.3 is 0 Å². The van der Waals surface area contributed by atoms with Crippen molar-refractivity contribution < 1.29 is 8.42 Å². The molecule has 0 aromatic heterocycles. The molecule has 1 saturated heterocycles. The van der Waals surface area contributed by atoms with Crippen LogP contribution in [0.2, 0.25) is 0 Å². The molecule has 0 saturated carbocycles. The lowest BCUT2D eigenvalue weighted by atomic mass is 9.84. The van der Waals surface area contributed by atoms with E-state index in [1.165, 1.54) is 0 Å². The maximum absolute atomic E-state index is 11.5. The van der Waals surface area contributed by atoms with Crippen molar-refractivity contribution in [2.24, 2.45) is 5.41 Å². The van der Waals surface area contributed by atoms with Crippen LogP contribution in [-0.4, -0.2) is 57.5 Å². The van der Waals surface area contributed by atoms with E-state index in [-0.39, 0.29) is 11.5 Å². The van der Waals surface area contributed by atoms with Gasteiger partial charge in [0.25, 0.3) is 0 Å². The highest BCUT2D eigenvalue weighted by Gasteiger charge is 2.34. The van der Waals surface area contributed by atoms with Gasteiger partial charge in [-0.05, 0) is 32.9 Å². The van der Waals surface area contributed by atoms with Crippen molar-refractivity contribution in [2.75, 3.05) is 32.1 Å². The summed E-state index contributed by atoms with van der Waals surface area (Å²) in [6.45, 7) is 7.51. The monoisotopic (exact) mass is 262 g/mol. The van der Waals surface area contributed by atoms with Crippen LogP contribution in [0.25, 0.3) is 0 Å². The van der Waals surface area contributed by atoms with Crippen LogP contribution in [0.1, 0.15) is 27.2 Å². The van der Waals surface area contributed by atoms with Gasteiger partial charge in [-0.25, -0.2) is 8.42 Å².